The van der Waals surface area contributed by atoms with Gasteiger partial charge in [0.2, 0.25) is 0 Å². The van der Waals surface area contributed by atoms with Crippen LogP contribution in [-0.4, -0.2) is 18.3 Å². The molecule has 20 heavy (non-hydrogen) atoms. The van der Waals surface area contributed by atoms with Gasteiger partial charge in [-0.05, 0) is 51.8 Å². The van der Waals surface area contributed by atoms with E-state index >= 15 is 0 Å². The summed E-state index contributed by atoms with van der Waals surface area (Å²) in [6, 6.07) is 4.61. The molecule has 0 saturated carbocycles. The number of rotatable bonds is 3. The Morgan fingerprint density at radius 3 is 2.50 bits per heavy atom. The summed E-state index contributed by atoms with van der Waals surface area (Å²) in [6.07, 6.45) is 0.876. The van der Waals surface area contributed by atoms with Crippen LogP contribution in [0.15, 0.2) is 18.2 Å². The second-order valence-corrected chi connectivity index (χ2v) is 6.70. The van der Waals surface area contributed by atoms with Gasteiger partial charge in [-0.3, -0.25) is 0 Å². The van der Waals surface area contributed by atoms with Gasteiger partial charge in [0.25, 0.3) is 0 Å². The van der Waals surface area contributed by atoms with Gasteiger partial charge in [-0.15, -0.1) is 0 Å². The monoisotopic (exact) mass is 281 g/mol. The number of benzene rings is 1. The lowest BCUT2D eigenvalue weighted by Gasteiger charge is -2.31. The summed E-state index contributed by atoms with van der Waals surface area (Å²) in [6.45, 7) is 8.28. The van der Waals surface area contributed by atoms with Gasteiger partial charge in [-0.2, -0.15) is 0 Å². The molecule has 112 valence electrons. The van der Waals surface area contributed by atoms with Crippen LogP contribution in [0.1, 0.15) is 45.7 Å². The van der Waals surface area contributed by atoms with Crippen LogP contribution in [-0.2, 0) is 4.74 Å². The van der Waals surface area contributed by atoms with Gasteiger partial charge in [0, 0.05) is 12.0 Å². The van der Waals surface area contributed by atoms with E-state index in [-0.39, 0.29) is 34.7 Å². The van der Waals surface area contributed by atoms with Crippen molar-refractivity contribution in [2.75, 3.05) is 7.11 Å². The Morgan fingerprint density at radius 1 is 1.35 bits per heavy atom. The molecule has 0 aliphatic carbocycles. The fraction of sp³-hybridized carbons (Fsp3) is 0.625. The van der Waals surface area contributed by atoms with E-state index in [0.717, 1.165) is 12.0 Å². The SMILES string of the molecule is COc1cc(C(N)C2CC(C)(C)OC2(C)C)ccc1F. The molecule has 0 amide bonds. The summed E-state index contributed by atoms with van der Waals surface area (Å²) in [5.74, 6) is 0.0345. The maximum Gasteiger partial charge on any atom is 0.165 e. The van der Waals surface area contributed by atoms with E-state index in [4.69, 9.17) is 15.2 Å². The Hall–Kier alpha value is -1.13. The minimum absolute atomic E-state index is 0.174. The van der Waals surface area contributed by atoms with E-state index in [1.54, 1.807) is 12.1 Å². The lowest BCUT2D eigenvalue weighted by molar-refractivity contribution is -0.0767. The highest BCUT2D eigenvalue weighted by Crippen LogP contribution is 2.47. The summed E-state index contributed by atoms with van der Waals surface area (Å²) >= 11 is 0. The van der Waals surface area contributed by atoms with Crippen LogP contribution in [0.25, 0.3) is 0 Å². The fourth-order valence-corrected chi connectivity index (χ4v) is 3.28. The van der Waals surface area contributed by atoms with Gasteiger partial charge < -0.3 is 15.2 Å². The second-order valence-electron chi connectivity index (χ2n) is 6.70. The maximum atomic E-state index is 13.5. The van der Waals surface area contributed by atoms with Crippen LogP contribution in [0.4, 0.5) is 4.39 Å². The smallest absolute Gasteiger partial charge is 0.165 e. The molecule has 1 aliphatic heterocycles. The molecule has 4 heteroatoms. The van der Waals surface area contributed by atoms with E-state index < -0.39 is 0 Å². The fourth-order valence-electron chi connectivity index (χ4n) is 3.28. The van der Waals surface area contributed by atoms with Crippen molar-refractivity contribution in [3.05, 3.63) is 29.6 Å². The van der Waals surface area contributed by atoms with E-state index in [2.05, 4.69) is 27.7 Å². The number of nitrogens with two attached hydrogens (primary N) is 1. The average molecular weight is 281 g/mol. The minimum Gasteiger partial charge on any atom is -0.494 e. The molecule has 1 fully saturated rings. The summed E-state index contributed by atoms with van der Waals surface area (Å²) in [5.41, 5.74) is 6.80. The Bertz CT molecular complexity index is 499. The molecule has 2 unspecified atom stereocenters. The van der Waals surface area contributed by atoms with Crippen molar-refractivity contribution in [1.82, 2.24) is 0 Å². The van der Waals surface area contributed by atoms with E-state index in [1.807, 2.05) is 0 Å². The molecule has 0 spiro atoms. The Morgan fingerprint density at radius 2 is 2.00 bits per heavy atom. The van der Waals surface area contributed by atoms with E-state index in [0.29, 0.717) is 0 Å². The summed E-state index contributed by atoms with van der Waals surface area (Å²) in [7, 11) is 1.46. The van der Waals surface area contributed by atoms with Crippen molar-refractivity contribution in [2.45, 2.75) is 51.4 Å². The molecule has 1 aliphatic rings. The lowest BCUT2D eigenvalue weighted by atomic mass is 9.79. The highest BCUT2D eigenvalue weighted by Gasteiger charge is 2.48. The van der Waals surface area contributed by atoms with Gasteiger partial charge in [0.15, 0.2) is 11.6 Å². The van der Waals surface area contributed by atoms with Crippen LogP contribution < -0.4 is 10.5 Å². The number of hydrogen-bond donors (Lipinski definition) is 1. The largest absolute Gasteiger partial charge is 0.494 e. The predicted octanol–water partition coefficient (Wildman–Crippen LogP) is 3.43. The first-order chi connectivity index (χ1) is 9.16. The number of ether oxygens (including phenoxy) is 2. The maximum absolute atomic E-state index is 13.5. The summed E-state index contributed by atoms with van der Waals surface area (Å²) < 4.78 is 24.6. The first-order valence-corrected chi connectivity index (χ1v) is 6.95. The molecular formula is C16H24FNO2. The van der Waals surface area contributed by atoms with Crippen molar-refractivity contribution in [2.24, 2.45) is 11.7 Å². The highest BCUT2D eigenvalue weighted by molar-refractivity contribution is 5.33. The van der Waals surface area contributed by atoms with Crippen LogP contribution in [0.3, 0.4) is 0 Å². The van der Waals surface area contributed by atoms with Gasteiger partial charge in [0.05, 0.1) is 18.3 Å². The molecule has 1 aromatic carbocycles. The zero-order valence-corrected chi connectivity index (χ0v) is 12.9. The molecule has 3 nitrogen and oxygen atoms in total. The third-order valence-corrected chi connectivity index (χ3v) is 4.14. The number of hydrogen-bond acceptors (Lipinski definition) is 3. The summed E-state index contributed by atoms with van der Waals surface area (Å²) in [4.78, 5) is 0. The minimum atomic E-state index is -0.370. The van der Waals surface area contributed by atoms with E-state index in [9.17, 15) is 4.39 Å². The van der Waals surface area contributed by atoms with Crippen molar-refractivity contribution < 1.29 is 13.9 Å². The van der Waals surface area contributed by atoms with Gasteiger partial charge in [0.1, 0.15) is 0 Å². The van der Waals surface area contributed by atoms with Gasteiger partial charge in [-0.25, -0.2) is 4.39 Å². The third-order valence-electron chi connectivity index (χ3n) is 4.14. The van der Waals surface area contributed by atoms with Gasteiger partial charge in [-0.1, -0.05) is 6.07 Å². The van der Waals surface area contributed by atoms with Crippen molar-refractivity contribution in [3.8, 4) is 5.75 Å². The molecule has 2 N–H and O–H groups in total. The normalized spacial score (nSPS) is 25.4. The third kappa shape index (κ3) is 2.81. The predicted molar refractivity (Wildman–Crippen MR) is 77.2 cm³/mol. The Kier molecular flexibility index (Phi) is 3.82. The quantitative estimate of drug-likeness (QED) is 0.923. The zero-order chi connectivity index (χ0) is 15.1. The average Bonchev–Trinajstić information content (AvgIpc) is 2.57. The standard InChI is InChI=1S/C16H24FNO2/c1-15(2)9-11(16(3,4)20-15)14(18)10-6-7-12(17)13(8-10)19-5/h6-8,11,14H,9,18H2,1-5H3. The van der Waals surface area contributed by atoms with Crippen molar-refractivity contribution >= 4 is 0 Å². The van der Waals surface area contributed by atoms with Crippen molar-refractivity contribution in [1.29, 1.82) is 0 Å². The molecule has 0 bridgehead atoms. The second kappa shape index (κ2) is 5.01. The van der Waals surface area contributed by atoms with Crippen LogP contribution in [0, 0.1) is 11.7 Å². The number of halogens is 1. The molecule has 2 rings (SSSR count). The zero-order valence-electron chi connectivity index (χ0n) is 12.9. The molecule has 1 aromatic rings. The molecule has 0 aromatic heterocycles. The first kappa shape index (κ1) is 15.3. The van der Waals surface area contributed by atoms with Gasteiger partial charge >= 0.3 is 0 Å². The van der Waals surface area contributed by atoms with E-state index in [1.165, 1.54) is 13.2 Å². The summed E-state index contributed by atoms with van der Waals surface area (Å²) in [5, 5.41) is 0. The molecular weight excluding hydrogens is 257 g/mol. The Balaban J connectivity index is 2.29. The first-order valence-electron chi connectivity index (χ1n) is 6.95. The Labute approximate surface area is 120 Å². The molecule has 1 saturated heterocycles. The molecule has 2 atom stereocenters. The molecule has 1 heterocycles. The lowest BCUT2D eigenvalue weighted by Crippen LogP contribution is -2.35. The van der Waals surface area contributed by atoms with Crippen molar-refractivity contribution in [3.63, 3.8) is 0 Å². The number of methoxy groups -OCH3 is 1. The van der Waals surface area contributed by atoms with Crippen LogP contribution in [0.2, 0.25) is 0 Å². The highest BCUT2D eigenvalue weighted by atomic mass is 19.1. The topological polar surface area (TPSA) is 44.5 Å². The molecule has 0 radical (unpaired) electrons. The van der Waals surface area contributed by atoms with Crippen LogP contribution in [0.5, 0.6) is 5.75 Å². The van der Waals surface area contributed by atoms with Crippen LogP contribution >= 0.6 is 0 Å².